The molecule has 2 fully saturated rings. The summed E-state index contributed by atoms with van der Waals surface area (Å²) in [5.74, 6) is 1.27. The highest BCUT2D eigenvalue weighted by Crippen LogP contribution is 2.31. The average molecular weight is 289 g/mol. The molecule has 4 nitrogen and oxygen atoms in total. The van der Waals surface area contributed by atoms with Gasteiger partial charge in [0.05, 0.1) is 6.10 Å². The van der Waals surface area contributed by atoms with Gasteiger partial charge in [-0.25, -0.2) is 0 Å². The van der Waals surface area contributed by atoms with Gasteiger partial charge in [-0.2, -0.15) is 0 Å². The summed E-state index contributed by atoms with van der Waals surface area (Å²) >= 11 is 0. The van der Waals surface area contributed by atoms with E-state index in [9.17, 15) is 9.90 Å². The Morgan fingerprint density at radius 1 is 1.24 bits per heavy atom. The summed E-state index contributed by atoms with van der Waals surface area (Å²) in [5.41, 5.74) is 1.19. The van der Waals surface area contributed by atoms with Crippen LogP contribution < -0.4 is 10.1 Å². The van der Waals surface area contributed by atoms with Gasteiger partial charge in [0.25, 0.3) is 0 Å². The van der Waals surface area contributed by atoms with E-state index in [1.54, 1.807) is 0 Å². The first-order valence-corrected chi connectivity index (χ1v) is 7.82. The molecule has 0 aliphatic heterocycles. The van der Waals surface area contributed by atoms with Gasteiger partial charge in [0.1, 0.15) is 11.9 Å². The van der Waals surface area contributed by atoms with Gasteiger partial charge in [0.2, 0.25) is 5.91 Å². The van der Waals surface area contributed by atoms with Crippen LogP contribution >= 0.6 is 0 Å². The number of aliphatic hydroxyl groups excluding tert-OH is 1. The van der Waals surface area contributed by atoms with Crippen molar-refractivity contribution in [3.63, 3.8) is 0 Å². The molecule has 21 heavy (non-hydrogen) atoms. The molecule has 1 amide bonds. The summed E-state index contributed by atoms with van der Waals surface area (Å²) in [6, 6.07) is 7.88. The number of carbonyl (C=O) groups excluding carboxylic acids is 1. The number of hydrogen-bond donors (Lipinski definition) is 2. The van der Waals surface area contributed by atoms with Gasteiger partial charge in [-0.1, -0.05) is 17.7 Å². The summed E-state index contributed by atoms with van der Waals surface area (Å²) in [7, 11) is 0. The van der Waals surface area contributed by atoms with Gasteiger partial charge in [0.15, 0.2) is 0 Å². The lowest BCUT2D eigenvalue weighted by Gasteiger charge is -2.21. The summed E-state index contributed by atoms with van der Waals surface area (Å²) in [4.78, 5) is 11.6. The Morgan fingerprint density at radius 3 is 2.62 bits per heavy atom. The molecule has 0 aromatic heterocycles. The van der Waals surface area contributed by atoms with Crippen LogP contribution in [0.2, 0.25) is 0 Å². The Balaban J connectivity index is 1.49. The van der Waals surface area contributed by atoms with Crippen LogP contribution in [-0.2, 0) is 4.79 Å². The summed E-state index contributed by atoms with van der Waals surface area (Å²) < 4.78 is 5.88. The van der Waals surface area contributed by atoms with Crippen LogP contribution in [0.25, 0.3) is 0 Å². The molecule has 2 aliphatic rings. The number of ether oxygens (including phenoxy) is 1. The third-order valence-electron chi connectivity index (χ3n) is 4.48. The quantitative estimate of drug-likeness (QED) is 0.872. The van der Waals surface area contributed by atoms with Crippen LogP contribution in [0.1, 0.15) is 31.2 Å². The minimum atomic E-state index is -0.509. The number of hydrogen-bond acceptors (Lipinski definition) is 3. The fourth-order valence-electron chi connectivity index (χ4n) is 2.89. The molecule has 114 valence electrons. The molecule has 0 spiro atoms. The Labute approximate surface area is 125 Å². The third kappa shape index (κ3) is 3.56. The molecule has 1 aromatic carbocycles. The van der Waals surface area contributed by atoms with E-state index in [0.717, 1.165) is 31.4 Å². The second kappa shape index (κ2) is 6.06. The highest BCUT2D eigenvalue weighted by atomic mass is 16.5. The van der Waals surface area contributed by atoms with E-state index in [1.807, 2.05) is 31.2 Å². The molecule has 3 rings (SSSR count). The first-order valence-electron chi connectivity index (χ1n) is 7.82. The summed E-state index contributed by atoms with van der Waals surface area (Å²) in [5, 5.41) is 13.3. The van der Waals surface area contributed by atoms with Crippen molar-refractivity contribution in [2.24, 2.45) is 11.8 Å². The zero-order valence-corrected chi connectivity index (χ0v) is 12.4. The first kappa shape index (κ1) is 14.4. The van der Waals surface area contributed by atoms with Crippen molar-refractivity contribution >= 4 is 5.91 Å². The third-order valence-corrected chi connectivity index (χ3v) is 4.48. The van der Waals surface area contributed by atoms with Gasteiger partial charge in [0, 0.05) is 18.4 Å². The Hall–Kier alpha value is -1.55. The number of aliphatic hydroxyl groups is 1. The van der Waals surface area contributed by atoms with E-state index < -0.39 is 6.10 Å². The van der Waals surface area contributed by atoms with E-state index in [2.05, 4.69) is 5.32 Å². The van der Waals surface area contributed by atoms with Crippen LogP contribution in [0, 0.1) is 18.8 Å². The Bertz CT molecular complexity index is 495. The fraction of sp³-hybridized carbons (Fsp3) is 0.588. The SMILES string of the molecule is Cc1ccc(O[C@@H]2CC[C@H](CNC(=O)C3CC3)[C@H]2O)cc1. The van der Waals surface area contributed by atoms with Crippen LogP contribution in [-0.4, -0.2) is 29.8 Å². The molecule has 0 bridgehead atoms. The van der Waals surface area contributed by atoms with E-state index in [1.165, 1.54) is 5.56 Å². The van der Waals surface area contributed by atoms with Crippen LogP contribution in [0.15, 0.2) is 24.3 Å². The van der Waals surface area contributed by atoms with Crippen molar-refractivity contribution in [3.8, 4) is 5.75 Å². The van der Waals surface area contributed by atoms with Crippen molar-refractivity contribution in [3.05, 3.63) is 29.8 Å². The molecule has 0 unspecified atom stereocenters. The molecule has 0 heterocycles. The van der Waals surface area contributed by atoms with Crippen LogP contribution in [0.4, 0.5) is 0 Å². The maximum Gasteiger partial charge on any atom is 0.223 e. The number of amides is 1. The molecular formula is C17H23NO3. The second-order valence-corrected chi connectivity index (χ2v) is 6.32. The van der Waals surface area contributed by atoms with Crippen LogP contribution in [0.3, 0.4) is 0 Å². The molecule has 2 aliphatic carbocycles. The molecule has 0 saturated heterocycles. The van der Waals surface area contributed by atoms with Crippen molar-refractivity contribution in [1.29, 1.82) is 0 Å². The zero-order chi connectivity index (χ0) is 14.8. The second-order valence-electron chi connectivity index (χ2n) is 6.32. The minimum Gasteiger partial charge on any atom is -0.488 e. The monoisotopic (exact) mass is 289 g/mol. The lowest BCUT2D eigenvalue weighted by atomic mass is 10.1. The lowest BCUT2D eigenvalue weighted by molar-refractivity contribution is -0.122. The smallest absolute Gasteiger partial charge is 0.223 e. The van der Waals surface area contributed by atoms with Crippen LogP contribution in [0.5, 0.6) is 5.75 Å². The number of carbonyl (C=O) groups is 1. The van der Waals surface area contributed by atoms with E-state index in [0.29, 0.717) is 6.54 Å². The normalized spacial score (nSPS) is 28.4. The maximum atomic E-state index is 11.6. The minimum absolute atomic E-state index is 0.100. The van der Waals surface area contributed by atoms with E-state index in [4.69, 9.17) is 4.74 Å². The molecule has 3 atom stereocenters. The van der Waals surface area contributed by atoms with E-state index >= 15 is 0 Å². The Kier molecular flexibility index (Phi) is 4.15. The van der Waals surface area contributed by atoms with Gasteiger partial charge < -0.3 is 15.2 Å². The molecule has 1 aromatic rings. The maximum absolute atomic E-state index is 11.6. The largest absolute Gasteiger partial charge is 0.488 e. The highest BCUT2D eigenvalue weighted by Gasteiger charge is 2.37. The van der Waals surface area contributed by atoms with Gasteiger partial charge in [-0.05, 0) is 44.7 Å². The number of aryl methyl sites for hydroxylation is 1. The lowest BCUT2D eigenvalue weighted by Crippen LogP contribution is -2.37. The topological polar surface area (TPSA) is 58.6 Å². The first-order chi connectivity index (χ1) is 10.1. The predicted molar refractivity (Wildman–Crippen MR) is 80.1 cm³/mol. The van der Waals surface area contributed by atoms with Crippen molar-refractivity contribution in [2.45, 2.75) is 44.8 Å². The van der Waals surface area contributed by atoms with Crippen molar-refractivity contribution < 1.29 is 14.6 Å². The van der Waals surface area contributed by atoms with Gasteiger partial charge in [-0.15, -0.1) is 0 Å². The highest BCUT2D eigenvalue weighted by molar-refractivity contribution is 5.80. The molecule has 4 heteroatoms. The molecular weight excluding hydrogens is 266 g/mol. The van der Waals surface area contributed by atoms with Gasteiger partial charge in [-0.3, -0.25) is 4.79 Å². The van der Waals surface area contributed by atoms with E-state index in [-0.39, 0.29) is 23.8 Å². The number of nitrogens with one attached hydrogen (secondary N) is 1. The summed E-state index contributed by atoms with van der Waals surface area (Å²) in [6.07, 6.45) is 3.07. The average Bonchev–Trinajstić information content (AvgIpc) is 3.27. The predicted octanol–water partition coefficient (Wildman–Crippen LogP) is 2.04. The Morgan fingerprint density at radius 2 is 1.95 bits per heavy atom. The summed E-state index contributed by atoms with van der Waals surface area (Å²) in [6.45, 7) is 2.59. The molecule has 2 saturated carbocycles. The number of benzene rings is 1. The number of rotatable bonds is 5. The fourth-order valence-corrected chi connectivity index (χ4v) is 2.89. The van der Waals surface area contributed by atoms with Gasteiger partial charge >= 0.3 is 0 Å². The van der Waals surface area contributed by atoms with Crippen molar-refractivity contribution in [2.75, 3.05) is 6.54 Å². The van der Waals surface area contributed by atoms with Crippen molar-refractivity contribution in [1.82, 2.24) is 5.32 Å². The standard InChI is InChI=1S/C17H23NO3/c1-11-2-7-14(8-3-11)21-15-9-6-13(16(15)19)10-18-17(20)12-4-5-12/h2-3,7-8,12-13,15-16,19H,4-6,9-10H2,1H3,(H,18,20)/t13-,15-,16-/m1/s1. The molecule has 0 radical (unpaired) electrons. The zero-order valence-electron chi connectivity index (χ0n) is 12.4. The molecule has 2 N–H and O–H groups in total.